The second-order valence-electron chi connectivity index (χ2n) is 3.93. The molecule has 0 spiro atoms. The van der Waals surface area contributed by atoms with Crippen molar-refractivity contribution in [3.8, 4) is 5.75 Å². The maximum absolute atomic E-state index is 5.31. The first-order valence-corrected chi connectivity index (χ1v) is 7.58. The molecule has 2 rings (SSSR count). The van der Waals surface area contributed by atoms with E-state index >= 15 is 0 Å². The number of methoxy groups -OCH3 is 1. The SMILES string of the molecule is CCNC(c1ccsc1)c1cc(OC)ccc1Br. The Kier molecular flexibility index (Phi) is 4.80. The lowest BCUT2D eigenvalue weighted by Gasteiger charge is -2.19. The summed E-state index contributed by atoms with van der Waals surface area (Å²) in [6.45, 7) is 3.04. The molecule has 0 fully saturated rings. The molecule has 1 atom stereocenters. The molecule has 0 aliphatic heterocycles. The van der Waals surface area contributed by atoms with Crippen LogP contribution in [0.3, 0.4) is 0 Å². The van der Waals surface area contributed by atoms with Gasteiger partial charge in [0.25, 0.3) is 0 Å². The fraction of sp³-hybridized carbons (Fsp3) is 0.286. The van der Waals surface area contributed by atoms with Crippen LogP contribution in [0, 0.1) is 0 Å². The lowest BCUT2D eigenvalue weighted by atomic mass is 10.0. The van der Waals surface area contributed by atoms with Crippen LogP contribution in [0.4, 0.5) is 0 Å². The third kappa shape index (κ3) is 2.94. The van der Waals surface area contributed by atoms with Crippen molar-refractivity contribution in [2.24, 2.45) is 0 Å². The zero-order chi connectivity index (χ0) is 13.0. The topological polar surface area (TPSA) is 21.3 Å². The number of nitrogens with one attached hydrogen (secondary N) is 1. The predicted molar refractivity (Wildman–Crippen MR) is 80.5 cm³/mol. The van der Waals surface area contributed by atoms with Gasteiger partial charge in [-0.2, -0.15) is 11.3 Å². The first kappa shape index (κ1) is 13.6. The zero-order valence-electron chi connectivity index (χ0n) is 10.4. The molecule has 1 aromatic heterocycles. The summed E-state index contributed by atoms with van der Waals surface area (Å²) >= 11 is 5.34. The number of halogens is 1. The lowest BCUT2D eigenvalue weighted by molar-refractivity contribution is 0.413. The van der Waals surface area contributed by atoms with Gasteiger partial charge in [0.15, 0.2) is 0 Å². The second kappa shape index (κ2) is 6.36. The quantitative estimate of drug-likeness (QED) is 0.888. The minimum Gasteiger partial charge on any atom is -0.497 e. The molecule has 18 heavy (non-hydrogen) atoms. The molecule has 0 amide bonds. The molecule has 1 aromatic carbocycles. The predicted octanol–water partition coefficient (Wildman–Crippen LogP) is 4.22. The van der Waals surface area contributed by atoms with E-state index in [2.05, 4.69) is 51.1 Å². The average molecular weight is 326 g/mol. The fourth-order valence-electron chi connectivity index (χ4n) is 1.92. The van der Waals surface area contributed by atoms with E-state index in [1.807, 2.05) is 12.1 Å². The van der Waals surface area contributed by atoms with E-state index in [4.69, 9.17) is 4.74 Å². The minimum atomic E-state index is 0.200. The van der Waals surface area contributed by atoms with Gasteiger partial charge in [-0.25, -0.2) is 0 Å². The van der Waals surface area contributed by atoms with E-state index in [-0.39, 0.29) is 6.04 Å². The first-order valence-electron chi connectivity index (χ1n) is 5.85. The normalized spacial score (nSPS) is 12.4. The highest BCUT2D eigenvalue weighted by atomic mass is 79.9. The lowest BCUT2D eigenvalue weighted by Crippen LogP contribution is -2.21. The highest BCUT2D eigenvalue weighted by Crippen LogP contribution is 2.32. The van der Waals surface area contributed by atoms with Gasteiger partial charge in [-0.1, -0.05) is 22.9 Å². The van der Waals surface area contributed by atoms with E-state index in [9.17, 15) is 0 Å². The highest BCUT2D eigenvalue weighted by Gasteiger charge is 2.16. The molecule has 0 aliphatic rings. The van der Waals surface area contributed by atoms with Crippen molar-refractivity contribution in [2.45, 2.75) is 13.0 Å². The summed E-state index contributed by atoms with van der Waals surface area (Å²) in [7, 11) is 1.69. The minimum absolute atomic E-state index is 0.200. The molecule has 0 saturated carbocycles. The molecule has 1 N–H and O–H groups in total. The summed E-state index contributed by atoms with van der Waals surface area (Å²) in [5.74, 6) is 0.881. The van der Waals surface area contributed by atoms with E-state index < -0.39 is 0 Å². The van der Waals surface area contributed by atoms with Crippen LogP contribution in [-0.2, 0) is 0 Å². The van der Waals surface area contributed by atoms with Gasteiger partial charge in [-0.05, 0) is 52.7 Å². The first-order chi connectivity index (χ1) is 8.76. The number of thiophene rings is 1. The van der Waals surface area contributed by atoms with Crippen molar-refractivity contribution < 1.29 is 4.74 Å². The third-order valence-corrected chi connectivity index (χ3v) is 4.22. The maximum Gasteiger partial charge on any atom is 0.119 e. The van der Waals surface area contributed by atoms with E-state index in [1.165, 1.54) is 11.1 Å². The number of hydrogen-bond acceptors (Lipinski definition) is 3. The molecule has 2 nitrogen and oxygen atoms in total. The maximum atomic E-state index is 5.31. The number of ether oxygens (including phenoxy) is 1. The Hall–Kier alpha value is -0.840. The summed E-state index contributed by atoms with van der Waals surface area (Å²) < 4.78 is 6.41. The van der Waals surface area contributed by atoms with Gasteiger partial charge < -0.3 is 10.1 Å². The van der Waals surface area contributed by atoms with Crippen molar-refractivity contribution in [3.63, 3.8) is 0 Å². The van der Waals surface area contributed by atoms with Gasteiger partial charge in [0.2, 0.25) is 0 Å². The van der Waals surface area contributed by atoms with Gasteiger partial charge >= 0.3 is 0 Å². The molecular weight excluding hydrogens is 310 g/mol. The van der Waals surface area contributed by atoms with Crippen molar-refractivity contribution >= 4 is 27.3 Å². The molecule has 2 aromatic rings. The molecule has 0 aliphatic carbocycles. The molecule has 96 valence electrons. The van der Waals surface area contributed by atoms with Gasteiger partial charge in [0, 0.05) is 4.47 Å². The Morgan fingerprint density at radius 1 is 1.39 bits per heavy atom. The largest absolute Gasteiger partial charge is 0.497 e. The van der Waals surface area contributed by atoms with Crippen LogP contribution in [0.15, 0.2) is 39.5 Å². The Balaban J connectivity index is 2.42. The van der Waals surface area contributed by atoms with Crippen molar-refractivity contribution in [1.29, 1.82) is 0 Å². The van der Waals surface area contributed by atoms with Gasteiger partial charge in [-0.15, -0.1) is 0 Å². The Bertz CT molecular complexity index is 499. The van der Waals surface area contributed by atoms with Crippen LogP contribution in [0.1, 0.15) is 24.1 Å². The van der Waals surface area contributed by atoms with E-state index in [1.54, 1.807) is 18.4 Å². The van der Waals surface area contributed by atoms with Gasteiger partial charge in [0.05, 0.1) is 13.2 Å². The van der Waals surface area contributed by atoms with Gasteiger partial charge in [0.1, 0.15) is 5.75 Å². The number of benzene rings is 1. The average Bonchev–Trinajstić information content (AvgIpc) is 2.91. The van der Waals surface area contributed by atoms with Crippen LogP contribution in [0.25, 0.3) is 0 Å². The fourth-order valence-corrected chi connectivity index (χ4v) is 3.08. The van der Waals surface area contributed by atoms with Crippen LogP contribution < -0.4 is 10.1 Å². The van der Waals surface area contributed by atoms with Crippen LogP contribution in [0.5, 0.6) is 5.75 Å². The summed E-state index contributed by atoms with van der Waals surface area (Å²) in [5, 5.41) is 7.80. The second-order valence-corrected chi connectivity index (χ2v) is 5.57. The van der Waals surface area contributed by atoms with Gasteiger partial charge in [-0.3, -0.25) is 0 Å². The molecule has 4 heteroatoms. The highest BCUT2D eigenvalue weighted by molar-refractivity contribution is 9.10. The summed E-state index contributed by atoms with van der Waals surface area (Å²) in [5.41, 5.74) is 2.49. The summed E-state index contributed by atoms with van der Waals surface area (Å²) in [6.07, 6.45) is 0. The smallest absolute Gasteiger partial charge is 0.119 e. The van der Waals surface area contributed by atoms with E-state index in [0.717, 1.165) is 16.8 Å². The Labute approximate surface area is 120 Å². The van der Waals surface area contributed by atoms with Crippen molar-refractivity contribution in [1.82, 2.24) is 5.32 Å². The molecule has 0 saturated heterocycles. The number of hydrogen-bond donors (Lipinski definition) is 1. The number of rotatable bonds is 5. The standard InChI is InChI=1S/C14H16BrNOS/c1-3-16-14(10-6-7-18-9-10)12-8-11(17-2)4-5-13(12)15/h4-9,14,16H,3H2,1-2H3. The van der Waals surface area contributed by atoms with Crippen molar-refractivity contribution in [2.75, 3.05) is 13.7 Å². The van der Waals surface area contributed by atoms with Crippen LogP contribution in [-0.4, -0.2) is 13.7 Å². The monoisotopic (exact) mass is 325 g/mol. The van der Waals surface area contributed by atoms with Crippen LogP contribution >= 0.6 is 27.3 Å². The summed E-state index contributed by atoms with van der Waals surface area (Å²) in [6, 6.07) is 8.43. The van der Waals surface area contributed by atoms with Crippen molar-refractivity contribution in [3.05, 3.63) is 50.6 Å². The molecule has 1 heterocycles. The molecule has 0 bridgehead atoms. The molecule has 0 radical (unpaired) electrons. The summed E-state index contributed by atoms with van der Waals surface area (Å²) in [4.78, 5) is 0. The third-order valence-electron chi connectivity index (χ3n) is 2.80. The molecular formula is C14H16BrNOS. The Morgan fingerprint density at radius 2 is 2.22 bits per heavy atom. The Morgan fingerprint density at radius 3 is 2.83 bits per heavy atom. The van der Waals surface area contributed by atoms with E-state index in [0.29, 0.717) is 0 Å². The zero-order valence-corrected chi connectivity index (χ0v) is 12.8. The van der Waals surface area contributed by atoms with Crippen LogP contribution in [0.2, 0.25) is 0 Å². The molecule has 1 unspecified atom stereocenters.